The van der Waals surface area contributed by atoms with E-state index in [9.17, 15) is 0 Å². The lowest BCUT2D eigenvalue weighted by molar-refractivity contribution is 0.594. The number of aryl methyl sites for hydroxylation is 2. The van der Waals surface area contributed by atoms with Crippen molar-refractivity contribution in [2.45, 2.75) is 76.2 Å². The zero-order valence-electron chi connectivity index (χ0n) is 29.8. The summed E-state index contributed by atoms with van der Waals surface area (Å²) in [5, 5.41) is 1.24. The smallest absolute Gasteiger partial charge is 0.116 e. The Labute approximate surface area is 298 Å². The maximum Gasteiger partial charge on any atom is 0.116 e. The van der Waals surface area contributed by atoms with Crippen molar-refractivity contribution in [3.05, 3.63) is 192 Å². The normalized spacial score (nSPS) is 11.5. The molecule has 0 radical (unpaired) electrons. The van der Waals surface area contributed by atoms with E-state index in [4.69, 9.17) is 0 Å². The van der Waals surface area contributed by atoms with Gasteiger partial charge in [-0.1, -0.05) is 184 Å². The summed E-state index contributed by atoms with van der Waals surface area (Å²) >= 11 is 0. The molecule has 0 spiro atoms. The van der Waals surface area contributed by atoms with E-state index in [0.29, 0.717) is 5.82 Å². The summed E-state index contributed by atoms with van der Waals surface area (Å²) in [7, 11) is 1.41. The molecule has 4 heteroatoms. The van der Waals surface area contributed by atoms with Crippen molar-refractivity contribution in [1.29, 1.82) is 0 Å². The lowest BCUT2D eigenvalue weighted by atomic mass is 9.76. The molecule has 49 heavy (non-hydrogen) atoms. The van der Waals surface area contributed by atoms with Crippen molar-refractivity contribution >= 4 is 22.6 Å². The molecule has 0 aliphatic carbocycles. The van der Waals surface area contributed by atoms with E-state index in [2.05, 4.69) is 177 Å². The molecule has 0 aliphatic heterocycles. The van der Waals surface area contributed by atoms with Gasteiger partial charge in [-0.25, -0.2) is 4.98 Å². The Bertz CT molecular complexity index is 1680. The number of hydrogen-bond acceptors (Lipinski definition) is 1. The van der Waals surface area contributed by atoms with Crippen LogP contribution < -0.4 is 5.19 Å². The molecule has 0 N–H and O–H groups in total. The number of rotatable bonds is 15. The predicted molar refractivity (Wildman–Crippen MR) is 216 cm³/mol. The summed E-state index contributed by atoms with van der Waals surface area (Å²) in [4.78, 5) is 4.53. The third-order valence-electron chi connectivity index (χ3n) is 9.79. The molecular formula is C45H53BN2Si. The molecule has 1 heterocycles. The first-order valence-electron chi connectivity index (χ1n) is 18.4. The molecule has 250 valence electrons. The van der Waals surface area contributed by atoms with Gasteiger partial charge >= 0.3 is 0 Å². The van der Waals surface area contributed by atoms with E-state index in [1.54, 1.807) is 0 Å². The Balaban J connectivity index is 0.000000278. The topological polar surface area (TPSA) is 17.8 Å². The molecule has 0 amide bonds. The zero-order valence-corrected chi connectivity index (χ0v) is 31.3. The minimum atomic E-state index is -0.826. The Morgan fingerprint density at radius 1 is 0.612 bits per heavy atom. The molecule has 6 aromatic rings. The summed E-state index contributed by atoms with van der Waals surface area (Å²) in [5.41, 5.74) is 8.43. The van der Waals surface area contributed by atoms with Gasteiger partial charge in [-0.3, -0.25) is 0 Å². The van der Waals surface area contributed by atoms with Crippen molar-refractivity contribution in [2.75, 3.05) is 0 Å². The lowest BCUT2D eigenvalue weighted by Crippen LogP contribution is -2.46. The Morgan fingerprint density at radius 3 is 1.55 bits per heavy atom. The largest absolute Gasteiger partial charge is 0.326 e. The fraction of sp³-hybridized carbons (Fsp3) is 0.267. The number of nitrogens with zero attached hydrogens (tertiary/aromatic N) is 2. The number of imidazole rings is 1. The van der Waals surface area contributed by atoms with Gasteiger partial charge in [0.05, 0.1) is 21.0 Å². The molecule has 0 fully saturated rings. The number of aromatic nitrogens is 2. The first-order valence-corrected chi connectivity index (χ1v) is 19.9. The van der Waals surface area contributed by atoms with Gasteiger partial charge in [-0.05, 0) is 64.9 Å². The van der Waals surface area contributed by atoms with Gasteiger partial charge in [0.1, 0.15) is 7.85 Å². The fourth-order valence-electron chi connectivity index (χ4n) is 6.94. The average Bonchev–Trinajstić information content (AvgIpc) is 3.71. The van der Waals surface area contributed by atoms with E-state index < -0.39 is 9.52 Å². The molecule has 0 saturated heterocycles. The third-order valence-corrected chi connectivity index (χ3v) is 12.4. The van der Waals surface area contributed by atoms with Gasteiger partial charge in [0.25, 0.3) is 0 Å². The van der Waals surface area contributed by atoms with Crippen LogP contribution in [-0.2, 0) is 18.0 Å². The van der Waals surface area contributed by atoms with Crippen molar-refractivity contribution in [1.82, 2.24) is 9.55 Å². The molecular weight excluding hydrogens is 607 g/mol. The van der Waals surface area contributed by atoms with Gasteiger partial charge in [0.15, 0.2) is 0 Å². The second-order valence-electron chi connectivity index (χ2n) is 13.4. The van der Waals surface area contributed by atoms with Crippen molar-refractivity contribution in [3.8, 4) is 0 Å². The van der Waals surface area contributed by atoms with Crippen LogP contribution in [0.1, 0.15) is 91.6 Å². The Morgan fingerprint density at radius 2 is 1.10 bits per heavy atom. The highest BCUT2D eigenvalue weighted by Crippen LogP contribution is 2.35. The highest BCUT2D eigenvalue weighted by atomic mass is 28.2. The highest BCUT2D eigenvalue weighted by molar-refractivity contribution is 6.57. The molecule has 2 nitrogen and oxygen atoms in total. The lowest BCUT2D eigenvalue weighted by Gasteiger charge is -2.37. The van der Waals surface area contributed by atoms with E-state index >= 15 is 0 Å². The van der Waals surface area contributed by atoms with Crippen LogP contribution in [0.3, 0.4) is 0 Å². The molecule has 0 unspecified atom stereocenters. The minimum Gasteiger partial charge on any atom is -0.326 e. The summed E-state index contributed by atoms with van der Waals surface area (Å²) < 4.78 is 2.39. The minimum absolute atomic E-state index is 0.223. The molecule has 0 atom stereocenters. The van der Waals surface area contributed by atoms with Gasteiger partial charge in [-0.2, -0.15) is 0 Å². The van der Waals surface area contributed by atoms with E-state index in [1.165, 1.54) is 77.1 Å². The molecule has 1 aromatic heterocycles. The van der Waals surface area contributed by atoms with Gasteiger partial charge in [0, 0.05) is 12.4 Å². The van der Waals surface area contributed by atoms with Gasteiger partial charge < -0.3 is 4.57 Å². The second-order valence-corrected chi connectivity index (χ2v) is 15.5. The third kappa shape index (κ3) is 9.83. The molecule has 5 aromatic carbocycles. The maximum atomic E-state index is 4.53. The first-order chi connectivity index (χ1) is 24.1. The zero-order chi connectivity index (χ0) is 34.2. The SMILES string of the molecule is BC(c1ccccc1)c1ccccc1.CCCCCc1cccc(C([SiH2]c2ccccc2)(c2cccc(CCCCC)c2)n2ccnc2)c1. The Kier molecular flexibility index (Phi) is 13.9. The van der Waals surface area contributed by atoms with Crippen LogP contribution in [0.2, 0.25) is 0 Å². The number of unbranched alkanes of at least 4 members (excludes halogenated alkanes) is 4. The Hall–Kier alpha value is -4.41. The van der Waals surface area contributed by atoms with Crippen molar-refractivity contribution in [2.24, 2.45) is 0 Å². The number of hydrogen-bond donors (Lipinski definition) is 0. The second kappa shape index (κ2) is 19.0. The van der Waals surface area contributed by atoms with Crippen LogP contribution >= 0.6 is 0 Å². The number of benzene rings is 5. The quantitative estimate of drug-likeness (QED) is 0.0794. The summed E-state index contributed by atoms with van der Waals surface area (Å²) in [6.45, 7) is 4.55. The van der Waals surface area contributed by atoms with Crippen LogP contribution in [0.5, 0.6) is 0 Å². The molecule has 0 saturated carbocycles. The van der Waals surface area contributed by atoms with Crippen LogP contribution in [0.4, 0.5) is 0 Å². The van der Waals surface area contributed by atoms with Gasteiger partial charge in [-0.15, -0.1) is 0 Å². The van der Waals surface area contributed by atoms with E-state index in [1.807, 2.05) is 12.5 Å². The molecule has 0 bridgehead atoms. The fourth-order valence-corrected chi connectivity index (χ4v) is 9.26. The predicted octanol–water partition coefficient (Wildman–Crippen LogP) is 9.00. The highest BCUT2D eigenvalue weighted by Gasteiger charge is 2.37. The monoisotopic (exact) mass is 660 g/mol. The summed E-state index contributed by atoms with van der Waals surface area (Å²) in [5.74, 6) is 0.484. The van der Waals surface area contributed by atoms with Gasteiger partial charge in [0.2, 0.25) is 0 Å². The first kappa shape index (κ1) is 35.9. The van der Waals surface area contributed by atoms with E-state index in [-0.39, 0.29) is 5.16 Å². The van der Waals surface area contributed by atoms with Crippen LogP contribution in [0, 0.1) is 0 Å². The van der Waals surface area contributed by atoms with E-state index in [0.717, 1.165) is 12.8 Å². The van der Waals surface area contributed by atoms with Crippen LogP contribution in [-0.4, -0.2) is 26.9 Å². The van der Waals surface area contributed by atoms with Crippen LogP contribution in [0.25, 0.3) is 0 Å². The molecule has 6 rings (SSSR count). The van der Waals surface area contributed by atoms with Crippen molar-refractivity contribution in [3.63, 3.8) is 0 Å². The van der Waals surface area contributed by atoms with Crippen LogP contribution in [0.15, 0.2) is 158 Å². The molecule has 0 aliphatic rings. The summed E-state index contributed by atoms with van der Waals surface area (Å²) in [6, 6.07) is 51.1. The maximum absolute atomic E-state index is 4.53. The van der Waals surface area contributed by atoms with Crippen molar-refractivity contribution < 1.29 is 0 Å². The summed E-state index contributed by atoms with van der Waals surface area (Å²) in [6.07, 6.45) is 16.0. The average molecular weight is 661 g/mol. The standard InChI is InChI=1S/C32H40N2Si.C13H13B/c1-3-5-8-14-27-16-12-18-29(24-27)32(34-23-22-33-26-34,35-31-20-10-7-11-21-31)30-19-13-17-28(25-30)15-9-6-4-2;14-13(11-7-3-1-4-8-11)12-9-5-2-6-10-12/h7,10-13,16-26H,3-6,8-9,14-15,35H2,1-2H3;1-10,13H,14H2.